The smallest absolute Gasteiger partial charge is 0.236 e. The molecule has 11 saturated heterocycles. The van der Waals surface area contributed by atoms with Gasteiger partial charge in [0.2, 0.25) is 21.8 Å². The monoisotopic (exact) mass is 1960 g/mol. The second kappa shape index (κ2) is 74.4. The van der Waals surface area contributed by atoms with E-state index in [0.29, 0.717) is 60.6 Å². The number of sulfone groups is 1. The Labute approximate surface area is 834 Å². The number of aliphatic hydroxyl groups excluding tert-OH is 2. The zero-order chi connectivity index (χ0) is 101. The van der Waals surface area contributed by atoms with Gasteiger partial charge in [0, 0.05) is 155 Å². The number of carbonyl (C=O) groups excluding carboxylic acids is 2. The molecule has 2 amide bonds. The highest BCUT2D eigenvalue weighted by molar-refractivity contribution is 7.99. The summed E-state index contributed by atoms with van der Waals surface area (Å²) in [6.45, 7) is 57.9. The number of methoxy groups -OCH3 is 1. The van der Waals surface area contributed by atoms with Crippen molar-refractivity contribution in [2.75, 3.05) is 278 Å². The fraction of sp³-hybridized carbons (Fsp3) is 0.981. The summed E-state index contributed by atoms with van der Waals surface area (Å²) in [5.74, 6) is 12.9. The normalized spacial score (nSPS) is 27.5. The molecular formula is C107H223N13O11S3. The lowest BCUT2D eigenvalue weighted by molar-refractivity contribution is -0.133. The molecule has 16 rings (SSSR count). The van der Waals surface area contributed by atoms with Gasteiger partial charge in [-0.1, -0.05) is 133 Å². The Balaban J connectivity index is 0.000000719. The first-order valence-corrected chi connectivity index (χ1v) is 59.0. The summed E-state index contributed by atoms with van der Waals surface area (Å²) in [6.07, 6.45) is 43.7. The molecule has 4 N–H and O–H groups in total. The molecule has 0 aromatic carbocycles. The fourth-order valence-corrected chi connectivity index (χ4v) is 23.9. The van der Waals surface area contributed by atoms with E-state index in [9.17, 15) is 26.4 Å². The van der Waals surface area contributed by atoms with Crippen LogP contribution in [0.2, 0.25) is 0 Å². The van der Waals surface area contributed by atoms with E-state index in [-0.39, 0.29) is 24.5 Å². The van der Waals surface area contributed by atoms with E-state index in [1.807, 2.05) is 35.8 Å². The van der Waals surface area contributed by atoms with Gasteiger partial charge in [-0.05, 0) is 336 Å². The van der Waals surface area contributed by atoms with Crippen LogP contribution >= 0.6 is 11.8 Å². The highest BCUT2D eigenvalue weighted by Gasteiger charge is 2.65. The number of carbonyl (C=O) groups is 2. The molecular weight excluding hydrogens is 1740 g/mol. The number of thioether (sulfide) groups is 1. The maximum atomic E-state index is 11.6. The van der Waals surface area contributed by atoms with Crippen LogP contribution in [0.15, 0.2) is 0 Å². The minimum atomic E-state index is -2.92. The van der Waals surface area contributed by atoms with Gasteiger partial charge < -0.3 is 74.3 Å². The van der Waals surface area contributed by atoms with Gasteiger partial charge >= 0.3 is 0 Å². The van der Waals surface area contributed by atoms with Gasteiger partial charge in [0.15, 0.2) is 0 Å². The number of ether oxygens (including phenoxy) is 3. The highest BCUT2D eigenvalue weighted by atomic mass is 32.2. The number of hydrogen-bond donors (Lipinski definition) is 4. The largest absolute Gasteiger partial charge is 0.395 e. The molecule has 4 atom stereocenters. The number of nitrogens with one attached hydrogen (secondary N) is 2. The summed E-state index contributed by atoms with van der Waals surface area (Å²) < 4.78 is 60.2. The molecule has 800 valence electrons. The molecule has 11 heterocycles. The second-order valence-corrected chi connectivity index (χ2v) is 51.1. The second-order valence-electron chi connectivity index (χ2n) is 45.6. The standard InChI is InChI=1S/C11H23N.C10H20N2O.C10H17N.C7H14N2O.C7H15NO2S.C7H14O.C7H14.C6H14N2.C6H13N.C6H12O2S.C6H12O.C6H12S.C6H12.C5H11NO.C4H11NO.C3H9NO/c1-9-7-10(2,3)12(6)11(4,5)8-9;1-9-4-6-12(7-5-9)10(13)8-11(2)3;1-7-3-8-5-10(4-7)6-9(10)11(8)2;1-7(10)9-5-3-8(2)4-6-9;1-7-3-5-8(6-4-7)11(2,9)10;1-6-2-4-7(8)5-3-6;1-7-5-3-2-4-6-7;1-7-3-5-8(2)6-4-7;1-7-5-3-2-4-6-7;1-6-2-4-9(7,8)5-3-6;2*1-6-2-4-7-5-3-6;1-6-4-2-3-5-6;1-6-2-4-7-5-3-6;1-5-3-4-6-2;1-4-2-3-5/h9H,7-8H2,1-6H3;9H,4-8H2,1-3H3;7-9H,3-6H2,1-2H3;3-6H2,1-2H3;7H,3-6H2,1-2H3;6-8H,2-5H2,1H3;7H,2-6H2,1H3;3-6H2,1-2H3;2-6H2,1H3;6H,2-5H2,1H3;2*6H,2-5H2,1H3;6H,2-5H2,1H3;2-5H2,1H3;5H,3-4H2,1-2H3;4-5H,2-3H2,1H3. The third-order valence-corrected chi connectivity index (χ3v) is 34.5. The van der Waals surface area contributed by atoms with Crippen molar-refractivity contribution in [2.24, 2.45) is 64.6 Å². The first-order chi connectivity index (χ1) is 63.1. The number of piperidine rings is 5. The van der Waals surface area contributed by atoms with Crippen LogP contribution in [0.1, 0.15) is 309 Å². The molecule has 2 bridgehead atoms. The molecule has 24 nitrogen and oxygen atoms in total. The zero-order valence-corrected chi connectivity index (χ0v) is 95.3. The lowest BCUT2D eigenvalue weighted by Gasteiger charge is -2.53. The molecule has 5 aliphatic carbocycles. The van der Waals surface area contributed by atoms with Crippen LogP contribution in [0.3, 0.4) is 0 Å². The molecule has 0 aromatic heterocycles. The quantitative estimate of drug-likeness (QED) is 0.166. The van der Waals surface area contributed by atoms with Crippen molar-refractivity contribution in [3.05, 3.63) is 0 Å². The number of morpholine rings is 1. The maximum Gasteiger partial charge on any atom is 0.236 e. The van der Waals surface area contributed by atoms with Crippen molar-refractivity contribution in [2.45, 2.75) is 339 Å². The fourth-order valence-electron chi connectivity index (χ4n) is 20.0. The van der Waals surface area contributed by atoms with Gasteiger partial charge in [0.05, 0.1) is 56.8 Å². The van der Waals surface area contributed by atoms with Crippen molar-refractivity contribution in [3.63, 3.8) is 0 Å². The first kappa shape index (κ1) is 131. The van der Waals surface area contributed by atoms with Gasteiger partial charge in [-0.3, -0.25) is 19.4 Å². The molecule has 5 saturated carbocycles. The average molecular weight is 1960 g/mol. The Kier molecular flexibility index (Phi) is 72.5. The zero-order valence-electron chi connectivity index (χ0n) is 92.9. The van der Waals surface area contributed by atoms with Gasteiger partial charge in [-0.2, -0.15) is 11.8 Å². The molecule has 27 heteroatoms. The number of rotatable bonds is 8. The van der Waals surface area contributed by atoms with Crippen molar-refractivity contribution in [1.29, 1.82) is 0 Å². The number of fused-ring (bicyclic) bond motifs is 1. The number of nitrogens with zero attached hydrogens (tertiary/aromatic N) is 11. The SMILES string of the molecule is CC(=O)N1CCN(C)CC1.CC1CC(C)(C)N(C)C(C)(C)C1.CC1CC2CC3(C1)CC3N2C.CC1CCC(O)CC1.CC1CCCC1.CC1CCCCC1.CC1CCN(C(=O)CN(C)C)CC1.CC1CCN(S(C)(=O)=O)CC1.CC1CCOCC1.CC1CCS(=O)(=O)CC1.CC1CCSCC1.CN1CCCCC1.CN1CCN(C)CC1.CN1CCOCC1.CNCCO.CNCCOC. The molecule has 16 fully saturated rings. The predicted molar refractivity (Wildman–Crippen MR) is 575 cm³/mol. The summed E-state index contributed by atoms with van der Waals surface area (Å²) in [6, 6.07) is 1.95. The van der Waals surface area contributed by atoms with Gasteiger partial charge in [-0.25, -0.2) is 21.1 Å². The molecule has 1 spiro atoms. The number of amides is 2. The molecule has 4 unspecified atom stereocenters. The number of likely N-dealkylation sites (N-methyl/N-ethyl adjacent to an activating group) is 7. The van der Waals surface area contributed by atoms with Gasteiger partial charge in [0.1, 0.15) is 9.84 Å². The summed E-state index contributed by atoms with van der Waals surface area (Å²) >= 11 is 2.10. The summed E-state index contributed by atoms with van der Waals surface area (Å²) in [5.41, 5.74) is 1.58. The Bertz CT molecular complexity index is 2850. The van der Waals surface area contributed by atoms with E-state index in [4.69, 9.17) is 24.4 Å². The van der Waals surface area contributed by atoms with Crippen LogP contribution in [0.5, 0.6) is 0 Å². The Hall–Kier alpha value is -1.45. The van der Waals surface area contributed by atoms with Crippen molar-refractivity contribution in [1.82, 2.24) is 63.9 Å². The number of sulfonamides is 1. The molecule has 0 aromatic rings. The van der Waals surface area contributed by atoms with Crippen LogP contribution in [0.4, 0.5) is 0 Å². The molecule has 0 radical (unpaired) electrons. The highest BCUT2D eigenvalue weighted by Crippen LogP contribution is 2.66. The molecule has 16 aliphatic rings. The Morgan fingerprint density at radius 2 is 0.851 bits per heavy atom. The van der Waals surface area contributed by atoms with Crippen LogP contribution in [0.25, 0.3) is 0 Å². The van der Waals surface area contributed by atoms with E-state index >= 15 is 0 Å². The first-order valence-electron chi connectivity index (χ1n) is 54.2. The van der Waals surface area contributed by atoms with E-state index in [1.54, 1.807) is 25.4 Å². The van der Waals surface area contributed by atoms with Crippen molar-refractivity contribution >= 4 is 43.4 Å². The number of aliphatic hydroxyl groups is 2. The van der Waals surface area contributed by atoms with E-state index in [2.05, 4.69) is 203 Å². The average Bonchev–Trinajstić information content (AvgIpc) is 1.53. The summed E-state index contributed by atoms with van der Waals surface area (Å²) in [4.78, 5) is 45.0. The third-order valence-electron chi connectivity index (χ3n) is 30.4. The third kappa shape index (κ3) is 65.0. The molecule has 11 aliphatic heterocycles. The lowest BCUT2D eigenvalue weighted by atomic mass is 9.75. The van der Waals surface area contributed by atoms with Crippen molar-refractivity contribution < 1.29 is 50.8 Å². The van der Waals surface area contributed by atoms with E-state index < -0.39 is 19.9 Å². The van der Waals surface area contributed by atoms with Crippen LogP contribution < -0.4 is 10.6 Å². The predicted octanol–water partition coefficient (Wildman–Crippen LogP) is 16.8. The number of likely N-dealkylation sites (tertiary alicyclic amines) is 4. The number of piperazine rings is 2. The lowest BCUT2D eigenvalue weighted by Crippen LogP contribution is -2.58. The van der Waals surface area contributed by atoms with Crippen LogP contribution in [-0.4, -0.2) is 399 Å². The molecule has 134 heavy (non-hydrogen) atoms. The Morgan fingerprint density at radius 3 is 1.17 bits per heavy atom. The van der Waals surface area contributed by atoms with Gasteiger partial charge in [-0.15, -0.1) is 0 Å². The minimum absolute atomic E-state index is 0.0196. The topological polar surface area (TPSA) is 230 Å². The van der Waals surface area contributed by atoms with E-state index in [1.165, 1.54) is 224 Å². The van der Waals surface area contributed by atoms with Crippen LogP contribution in [-0.2, 0) is 43.7 Å². The Morgan fingerprint density at radius 1 is 0.455 bits per heavy atom. The van der Waals surface area contributed by atoms with Crippen LogP contribution in [0, 0.1) is 64.6 Å². The summed E-state index contributed by atoms with van der Waals surface area (Å²) in [7, 11) is 19.1. The summed E-state index contributed by atoms with van der Waals surface area (Å²) in [5, 5.41) is 22.7. The van der Waals surface area contributed by atoms with E-state index in [0.717, 1.165) is 195 Å². The number of hydrogen-bond acceptors (Lipinski definition) is 22. The maximum absolute atomic E-state index is 11.6. The van der Waals surface area contributed by atoms with Crippen molar-refractivity contribution in [3.8, 4) is 0 Å². The minimum Gasteiger partial charge on any atom is -0.395 e. The van der Waals surface area contributed by atoms with Gasteiger partial charge in [0.25, 0.3) is 0 Å².